The predicted octanol–water partition coefficient (Wildman–Crippen LogP) is 2.41. The number of nitrogens with one attached hydrogen (secondary N) is 2. The molecule has 4 N–H and O–H groups in total. The normalized spacial score (nSPS) is 12.1. The minimum Gasteiger partial charge on any atom is -0.507 e. The van der Waals surface area contributed by atoms with E-state index in [1.165, 1.54) is 31.2 Å². The van der Waals surface area contributed by atoms with E-state index in [4.69, 9.17) is 0 Å². The maximum Gasteiger partial charge on any atom is 0.256 e. The van der Waals surface area contributed by atoms with Crippen LogP contribution >= 0.6 is 0 Å². The third-order valence-electron chi connectivity index (χ3n) is 4.24. The number of rotatable bonds is 3. The molecule has 0 fully saturated rings. The minimum absolute atomic E-state index is 0.0857. The van der Waals surface area contributed by atoms with Gasteiger partial charge in [0.2, 0.25) is 0 Å². The molecule has 1 unspecified atom stereocenters. The van der Waals surface area contributed by atoms with Crippen LogP contribution < -0.4 is 11.1 Å². The lowest BCUT2D eigenvalue weighted by atomic mass is 9.83. The summed E-state index contributed by atoms with van der Waals surface area (Å²) in [5.41, 5.74) is -0.333. The van der Waals surface area contributed by atoms with Crippen LogP contribution in [0.1, 0.15) is 34.0 Å². The largest absolute Gasteiger partial charge is 0.507 e. The molecule has 0 aliphatic rings. The van der Waals surface area contributed by atoms with Crippen molar-refractivity contribution in [3.05, 3.63) is 91.0 Å². The quantitative estimate of drug-likeness (QED) is 0.578. The average molecular weight is 356 g/mol. The Balaban J connectivity index is 2.43. The molecule has 0 aliphatic carbocycles. The van der Waals surface area contributed by atoms with E-state index in [0.717, 1.165) is 6.07 Å². The lowest BCUT2D eigenvalue weighted by molar-refractivity contribution is 0.453. The molecule has 0 amide bonds. The topological polar surface area (TPSA) is 106 Å². The molecule has 0 radical (unpaired) electrons. The summed E-state index contributed by atoms with van der Waals surface area (Å²) in [6.07, 6.45) is 0. The third-order valence-corrected chi connectivity index (χ3v) is 4.24. The molecule has 2 heterocycles. The van der Waals surface area contributed by atoms with E-state index in [-0.39, 0.29) is 33.9 Å². The van der Waals surface area contributed by atoms with Gasteiger partial charge in [-0.1, -0.05) is 18.2 Å². The standard InChI is InChI=1S/C19H17FN2O4/c1-9-7-13(23)18(19(26)21-9)17(11-5-3-4-6-12(11)20)16-10(2)22-15(25)8-14(16)24/h3-8,17H,1-2H3,(H2,21,23,26)(H2,22,24,25). The maximum absolute atomic E-state index is 14.5. The monoisotopic (exact) mass is 356 g/mol. The number of aromatic nitrogens is 2. The zero-order valence-corrected chi connectivity index (χ0v) is 14.1. The molecule has 0 saturated heterocycles. The van der Waals surface area contributed by atoms with E-state index in [1.807, 2.05) is 0 Å². The summed E-state index contributed by atoms with van der Waals surface area (Å²) in [5.74, 6) is -2.44. The summed E-state index contributed by atoms with van der Waals surface area (Å²) >= 11 is 0. The molecule has 134 valence electrons. The predicted molar refractivity (Wildman–Crippen MR) is 94.3 cm³/mol. The van der Waals surface area contributed by atoms with Crippen molar-refractivity contribution in [1.29, 1.82) is 0 Å². The van der Waals surface area contributed by atoms with Crippen LogP contribution in [0.25, 0.3) is 0 Å². The van der Waals surface area contributed by atoms with Gasteiger partial charge >= 0.3 is 0 Å². The van der Waals surface area contributed by atoms with Crippen LogP contribution in [0, 0.1) is 19.7 Å². The van der Waals surface area contributed by atoms with Crippen molar-refractivity contribution in [3.63, 3.8) is 0 Å². The molecule has 7 heteroatoms. The molecule has 2 aromatic heterocycles. The zero-order chi connectivity index (χ0) is 19.0. The van der Waals surface area contributed by atoms with E-state index in [0.29, 0.717) is 5.69 Å². The molecule has 0 bridgehead atoms. The van der Waals surface area contributed by atoms with Crippen LogP contribution in [0.2, 0.25) is 0 Å². The Bertz CT molecular complexity index is 1080. The summed E-state index contributed by atoms with van der Waals surface area (Å²) in [7, 11) is 0. The van der Waals surface area contributed by atoms with Gasteiger partial charge in [0.1, 0.15) is 17.3 Å². The van der Waals surface area contributed by atoms with E-state index < -0.39 is 22.9 Å². The Hall–Kier alpha value is -3.35. The maximum atomic E-state index is 14.5. The fourth-order valence-electron chi connectivity index (χ4n) is 3.17. The van der Waals surface area contributed by atoms with Crippen molar-refractivity contribution in [3.8, 4) is 11.5 Å². The Labute approximate surface area is 147 Å². The molecule has 26 heavy (non-hydrogen) atoms. The molecule has 0 spiro atoms. The molecule has 0 saturated carbocycles. The summed E-state index contributed by atoms with van der Waals surface area (Å²) < 4.78 is 14.5. The van der Waals surface area contributed by atoms with Crippen LogP contribution in [0.15, 0.2) is 46.0 Å². The lowest BCUT2D eigenvalue weighted by Crippen LogP contribution is -2.22. The highest BCUT2D eigenvalue weighted by molar-refractivity contribution is 5.53. The van der Waals surface area contributed by atoms with Crippen LogP contribution in [-0.2, 0) is 0 Å². The molecule has 0 aliphatic heterocycles. The number of hydrogen-bond donors (Lipinski definition) is 4. The average Bonchev–Trinajstić information content (AvgIpc) is 2.52. The van der Waals surface area contributed by atoms with E-state index in [9.17, 15) is 24.2 Å². The summed E-state index contributed by atoms with van der Waals surface area (Å²) in [6, 6.07) is 8.07. The number of benzene rings is 1. The molecule has 1 atom stereocenters. The minimum atomic E-state index is -1.11. The van der Waals surface area contributed by atoms with Gasteiger partial charge < -0.3 is 20.2 Å². The Morgan fingerprint density at radius 1 is 0.962 bits per heavy atom. The number of pyridine rings is 2. The third kappa shape index (κ3) is 2.99. The SMILES string of the molecule is Cc1cc(O)c(C(c2ccccc2F)c2c(O)cc(=O)[nH]c2C)c(=O)[nH]1. The fourth-order valence-corrected chi connectivity index (χ4v) is 3.17. The second-order valence-electron chi connectivity index (χ2n) is 6.09. The molecule has 3 rings (SSSR count). The van der Waals surface area contributed by atoms with Crippen molar-refractivity contribution in [2.75, 3.05) is 0 Å². The second kappa shape index (κ2) is 6.51. The van der Waals surface area contributed by atoms with Gasteiger partial charge in [-0.05, 0) is 26.0 Å². The van der Waals surface area contributed by atoms with Crippen LogP contribution in [0.3, 0.4) is 0 Å². The van der Waals surface area contributed by atoms with Crippen molar-refractivity contribution in [2.45, 2.75) is 19.8 Å². The van der Waals surface area contributed by atoms with Crippen LogP contribution in [0.4, 0.5) is 4.39 Å². The lowest BCUT2D eigenvalue weighted by Gasteiger charge is -2.22. The van der Waals surface area contributed by atoms with Crippen molar-refractivity contribution in [1.82, 2.24) is 9.97 Å². The summed E-state index contributed by atoms with van der Waals surface area (Å²) in [5, 5.41) is 20.8. The first-order valence-corrected chi connectivity index (χ1v) is 7.89. The summed E-state index contributed by atoms with van der Waals surface area (Å²) in [6.45, 7) is 3.13. The number of aromatic amines is 2. The smallest absolute Gasteiger partial charge is 0.256 e. The molecule has 3 aromatic rings. The van der Waals surface area contributed by atoms with E-state index >= 15 is 0 Å². The van der Waals surface area contributed by atoms with Crippen molar-refractivity contribution < 1.29 is 14.6 Å². The second-order valence-corrected chi connectivity index (χ2v) is 6.09. The number of halogens is 1. The number of H-pyrrole nitrogens is 2. The highest BCUT2D eigenvalue weighted by Crippen LogP contribution is 2.40. The first-order chi connectivity index (χ1) is 12.3. The first-order valence-electron chi connectivity index (χ1n) is 7.89. The van der Waals surface area contributed by atoms with Gasteiger partial charge in [0.05, 0.1) is 11.5 Å². The Kier molecular flexibility index (Phi) is 4.38. The van der Waals surface area contributed by atoms with Gasteiger partial charge in [-0.25, -0.2) is 4.39 Å². The highest BCUT2D eigenvalue weighted by Gasteiger charge is 2.30. The van der Waals surface area contributed by atoms with E-state index in [1.54, 1.807) is 13.0 Å². The van der Waals surface area contributed by atoms with Gasteiger partial charge in [-0.2, -0.15) is 0 Å². The van der Waals surface area contributed by atoms with Crippen molar-refractivity contribution >= 4 is 0 Å². The molecular formula is C19H17FN2O4. The van der Waals surface area contributed by atoms with Gasteiger partial charge in [0, 0.05) is 28.6 Å². The summed E-state index contributed by atoms with van der Waals surface area (Å²) in [4.78, 5) is 29.3. The van der Waals surface area contributed by atoms with Crippen LogP contribution in [0.5, 0.6) is 11.5 Å². The van der Waals surface area contributed by atoms with Crippen LogP contribution in [-0.4, -0.2) is 20.2 Å². The van der Waals surface area contributed by atoms with Gasteiger partial charge in [0.15, 0.2) is 0 Å². The Morgan fingerprint density at radius 2 is 1.62 bits per heavy atom. The van der Waals surface area contributed by atoms with Gasteiger partial charge in [0.25, 0.3) is 11.1 Å². The number of hydrogen-bond acceptors (Lipinski definition) is 4. The molecular weight excluding hydrogens is 339 g/mol. The fraction of sp³-hybridized carbons (Fsp3) is 0.158. The molecule has 1 aromatic carbocycles. The Morgan fingerprint density at radius 3 is 2.23 bits per heavy atom. The van der Waals surface area contributed by atoms with Gasteiger partial charge in [-0.15, -0.1) is 0 Å². The molecule has 6 nitrogen and oxygen atoms in total. The van der Waals surface area contributed by atoms with Crippen molar-refractivity contribution in [2.24, 2.45) is 0 Å². The number of aryl methyl sites for hydroxylation is 2. The highest BCUT2D eigenvalue weighted by atomic mass is 19.1. The zero-order valence-electron chi connectivity index (χ0n) is 14.1. The first kappa shape index (κ1) is 17.5. The number of aromatic hydroxyl groups is 2. The van der Waals surface area contributed by atoms with E-state index in [2.05, 4.69) is 9.97 Å². The van der Waals surface area contributed by atoms with Gasteiger partial charge in [-0.3, -0.25) is 9.59 Å².